The summed E-state index contributed by atoms with van der Waals surface area (Å²) in [5.41, 5.74) is 1.97. The fourth-order valence-corrected chi connectivity index (χ4v) is 4.00. The van der Waals surface area contributed by atoms with Gasteiger partial charge in [-0.3, -0.25) is 9.78 Å². The van der Waals surface area contributed by atoms with Gasteiger partial charge in [0, 0.05) is 27.9 Å². The first-order valence-electron chi connectivity index (χ1n) is 8.24. The van der Waals surface area contributed by atoms with Gasteiger partial charge in [0.1, 0.15) is 0 Å². The molecule has 3 nitrogen and oxygen atoms in total. The van der Waals surface area contributed by atoms with E-state index in [0.29, 0.717) is 5.92 Å². The summed E-state index contributed by atoms with van der Waals surface area (Å²) in [7, 11) is 0. The van der Waals surface area contributed by atoms with Gasteiger partial charge in [0.05, 0.1) is 5.41 Å². The molecule has 2 saturated carbocycles. The van der Waals surface area contributed by atoms with Crippen LogP contribution in [0.4, 0.5) is 0 Å². The summed E-state index contributed by atoms with van der Waals surface area (Å²) in [5.74, 6) is 0.678. The van der Waals surface area contributed by atoms with Crippen LogP contribution in [0.3, 0.4) is 0 Å². The molecule has 1 amide bonds. The van der Waals surface area contributed by atoms with Crippen molar-refractivity contribution in [2.75, 3.05) is 0 Å². The number of pyridine rings is 1. The number of hydrogen-bond acceptors (Lipinski definition) is 2. The lowest BCUT2D eigenvalue weighted by molar-refractivity contribution is -0.125. The van der Waals surface area contributed by atoms with E-state index < -0.39 is 0 Å². The Hall–Kier alpha value is -1.39. The van der Waals surface area contributed by atoms with E-state index in [2.05, 4.69) is 38.4 Å². The van der Waals surface area contributed by atoms with Crippen molar-refractivity contribution in [2.24, 2.45) is 0 Å². The number of carbonyl (C=O) groups excluding carboxylic acids is 1. The van der Waals surface area contributed by atoms with Gasteiger partial charge in [-0.25, -0.2) is 0 Å². The van der Waals surface area contributed by atoms with E-state index in [1.807, 2.05) is 24.4 Å². The van der Waals surface area contributed by atoms with Crippen LogP contribution in [0.5, 0.6) is 0 Å². The van der Waals surface area contributed by atoms with Gasteiger partial charge in [-0.15, -0.1) is 0 Å². The predicted octanol–water partition coefficient (Wildman–Crippen LogP) is 4.59. The quantitative estimate of drug-likeness (QED) is 0.808. The summed E-state index contributed by atoms with van der Waals surface area (Å²) < 4.78 is 0.922. The summed E-state index contributed by atoms with van der Waals surface area (Å²) in [6.07, 6.45) is 7.38. The van der Waals surface area contributed by atoms with Crippen LogP contribution in [0.25, 0.3) is 0 Å². The van der Waals surface area contributed by atoms with Crippen molar-refractivity contribution in [1.29, 1.82) is 0 Å². The topological polar surface area (TPSA) is 42.0 Å². The van der Waals surface area contributed by atoms with E-state index in [1.54, 1.807) is 6.20 Å². The molecule has 0 radical (unpaired) electrons. The molecule has 5 heteroatoms. The van der Waals surface area contributed by atoms with Gasteiger partial charge < -0.3 is 5.32 Å². The number of aromatic nitrogens is 1. The van der Waals surface area contributed by atoms with Crippen molar-refractivity contribution >= 4 is 33.4 Å². The maximum atomic E-state index is 12.8. The van der Waals surface area contributed by atoms with Crippen molar-refractivity contribution in [1.82, 2.24) is 10.3 Å². The fraction of sp³-hybridized carbons (Fsp3) is 0.368. The Morgan fingerprint density at radius 2 is 1.92 bits per heavy atom. The first-order valence-corrected chi connectivity index (χ1v) is 9.41. The van der Waals surface area contributed by atoms with E-state index in [-0.39, 0.29) is 17.4 Å². The minimum Gasteiger partial charge on any atom is -0.353 e. The van der Waals surface area contributed by atoms with E-state index >= 15 is 0 Å². The third kappa shape index (κ3) is 2.98. The number of benzene rings is 1. The summed E-state index contributed by atoms with van der Waals surface area (Å²) in [5, 5.41) is 4.01. The first-order chi connectivity index (χ1) is 11.6. The Bertz CT molecular complexity index is 767. The highest BCUT2D eigenvalue weighted by molar-refractivity contribution is 9.10. The van der Waals surface area contributed by atoms with Crippen LogP contribution in [0.15, 0.2) is 47.2 Å². The molecule has 0 aliphatic heterocycles. The Kier molecular flexibility index (Phi) is 4.13. The molecule has 0 saturated heterocycles. The summed E-state index contributed by atoms with van der Waals surface area (Å²) >= 11 is 9.38. The van der Waals surface area contributed by atoms with Crippen molar-refractivity contribution in [3.05, 3.63) is 63.3 Å². The van der Waals surface area contributed by atoms with Gasteiger partial charge in [0.2, 0.25) is 5.91 Å². The zero-order chi connectivity index (χ0) is 16.7. The third-order valence-electron chi connectivity index (χ3n) is 5.26. The van der Waals surface area contributed by atoms with Gasteiger partial charge in [-0.1, -0.05) is 23.7 Å². The van der Waals surface area contributed by atoms with Crippen molar-refractivity contribution in [2.45, 2.75) is 43.1 Å². The van der Waals surface area contributed by atoms with E-state index in [9.17, 15) is 4.79 Å². The Labute approximate surface area is 154 Å². The lowest BCUT2D eigenvalue weighted by Crippen LogP contribution is -2.47. The second-order valence-corrected chi connectivity index (χ2v) is 8.22. The molecule has 1 aromatic carbocycles. The zero-order valence-electron chi connectivity index (χ0n) is 13.1. The number of nitrogens with one attached hydrogen (secondary N) is 1. The Balaban J connectivity index is 1.37. The second kappa shape index (κ2) is 6.16. The van der Waals surface area contributed by atoms with Gasteiger partial charge in [-0.05, 0) is 76.9 Å². The van der Waals surface area contributed by atoms with Crippen LogP contribution in [-0.2, 0) is 10.2 Å². The van der Waals surface area contributed by atoms with Crippen LogP contribution in [0.2, 0.25) is 5.02 Å². The summed E-state index contributed by atoms with van der Waals surface area (Å²) in [6, 6.07) is 10.3. The first kappa shape index (κ1) is 16.1. The highest BCUT2D eigenvalue weighted by Gasteiger charge is 2.52. The van der Waals surface area contributed by atoms with E-state index in [0.717, 1.165) is 40.7 Å². The number of amides is 1. The Morgan fingerprint density at radius 1 is 1.21 bits per heavy atom. The Morgan fingerprint density at radius 3 is 2.54 bits per heavy atom. The fourth-order valence-electron chi connectivity index (χ4n) is 3.51. The van der Waals surface area contributed by atoms with Gasteiger partial charge in [-0.2, -0.15) is 0 Å². The van der Waals surface area contributed by atoms with E-state index in [1.165, 1.54) is 5.56 Å². The third-order valence-corrected chi connectivity index (χ3v) is 5.94. The zero-order valence-corrected chi connectivity index (χ0v) is 15.5. The second-order valence-electron chi connectivity index (χ2n) is 6.86. The molecule has 2 aliphatic rings. The largest absolute Gasteiger partial charge is 0.353 e. The molecule has 0 atom stereocenters. The lowest BCUT2D eigenvalue weighted by Gasteiger charge is -2.37. The van der Waals surface area contributed by atoms with Gasteiger partial charge in [0.15, 0.2) is 0 Å². The van der Waals surface area contributed by atoms with Crippen molar-refractivity contribution < 1.29 is 4.79 Å². The maximum Gasteiger partial charge on any atom is 0.230 e. The minimum atomic E-state index is -0.359. The summed E-state index contributed by atoms with van der Waals surface area (Å²) in [6.45, 7) is 0. The van der Waals surface area contributed by atoms with Crippen molar-refractivity contribution in [3.63, 3.8) is 0 Å². The molecule has 0 bridgehead atoms. The monoisotopic (exact) mass is 404 g/mol. The minimum absolute atomic E-state index is 0.155. The number of halogens is 2. The average molecular weight is 406 g/mol. The van der Waals surface area contributed by atoms with Crippen LogP contribution < -0.4 is 5.32 Å². The standard InChI is InChI=1S/C19H18BrClN2O/c20-15-9-14(10-22-11-15)19(5-6-19)18(24)23-17-7-13(8-17)12-1-3-16(21)4-2-12/h1-4,9-11,13,17H,5-8H2,(H,23,24). The van der Waals surface area contributed by atoms with Crippen LogP contribution in [0.1, 0.15) is 42.7 Å². The average Bonchev–Trinajstić information content (AvgIpc) is 3.33. The SMILES string of the molecule is O=C(NC1CC(c2ccc(Cl)cc2)C1)C1(c2cncc(Br)c2)CC1. The number of nitrogens with zero attached hydrogens (tertiary/aromatic N) is 1. The van der Waals surface area contributed by atoms with E-state index in [4.69, 9.17) is 11.6 Å². The number of carbonyl (C=O) groups is 1. The highest BCUT2D eigenvalue weighted by Crippen LogP contribution is 2.49. The molecular weight excluding hydrogens is 388 g/mol. The molecule has 0 unspecified atom stereocenters. The molecule has 1 heterocycles. The molecule has 2 fully saturated rings. The van der Waals surface area contributed by atoms with Crippen LogP contribution in [0, 0.1) is 0 Å². The predicted molar refractivity (Wildman–Crippen MR) is 98.2 cm³/mol. The van der Waals surface area contributed by atoms with Gasteiger partial charge in [0.25, 0.3) is 0 Å². The normalized spacial score (nSPS) is 24.1. The molecular formula is C19H18BrClN2O. The molecule has 124 valence electrons. The molecule has 4 rings (SSSR count). The van der Waals surface area contributed by atoms with Crippen LogP contribution in [-0.4, -0.2) is 16.9 Å². The lowest BCUT2D eigenvalue weighted by atomic mass is 9.75. The molecule has 24 heavy (non-hydrogen) atoms. The number of rotatable bonds is 4. The number of hydrogen-bond donors (Lipinski definition) is 1. The molecule has 2 aromatic rings. The highest BCUT2D eigenvalue weighted by atomic mass is 79.9. The molecule has 1 N–H and O–H groups in total. The smallest absolute Gasteiger partial charge is 0.230 e. The molecule has 1 aromatic heterocycles. The van der Waals surface area contributed by atoms with Gasteiger partial charge >= 0.3 is 0 Å². The maximum absolute atomic E-state index is 12.8. The molecule has 0 spiro atoms. The molecule has 2 aliphatic carbocycles. The van der Waals surface area contributed by atoms with Crippen molar-refractivity contribution in [3.8, 4) is 0 Å². The van der Waals surface area contributed by atoms with Crippen LogP contribution >= 0.6 is 27.5 Å². The summed E-state index contributed by atoms with van der Waals surface area (Å²) in [4.78, 5) is 17.0.